The van der Waals surface area contributed by atoms with Gasteiger partial charge in [0.05, 0.1) is 0 Å². The van der Waals surface area contributed by atoms with Crippen LogP contribution in [-0.2, 0) is 10.4 Å². The summed E-state index contributed by atoms with van der Waals surface area (Å²) < 4.78 is 34.4. The van der Waals surface area contributed by atoms with Crippen molar-refractivity contribution in [3.63, 3.8) is 0 Å². The lowest BCUT2D eigenvalue weighted by atomic mass is 10.1. The molecule has 1 rings (SSSR count). The van der Waals surface area contributed by atoms with E-state index >= 15 is 0 Å². The Morgan fingerprint density at radius 3 is 2.08 bits per heavy atom. The van der Waals surface area contributed by atoms with Crippen LogP contribution in [0.2, 0.25) is 0 Å². The van der Waals surface area contributed by atoms with Gasteiger partial charge in [0.1, 0.15) is 0 Å². The molecule has 0 aromatic heterocycles. The largest absolute Gasteiger partial charge is 0.374 e. The van der Waals surface area contributed by atoms with Crippen LogP contribution in [0, 0.1) is 0 Å². The zero-order valence-corrected chi connectivity index (χ0v) is 8.72. The van der Waals surface area contributed by atoms with E-state index in [9.17, 15) is 12.3 Å². The lowest BCUT2D eigenvalue weighted by Gasteiger charge is -2.32. The Morgan fingerprint density at radius 2 is 1.77 bits per heavy atom. The molecule has 0 amide bonds. The van der Waals surface area contributed by atoms with Gasteiger partial charge >= 0.3 is 10.4 Å². The van der Waals surface area contributed by atoms with E-state index in [2.05, 4.69) is 0 Å². The van der Waals surface area contributed by atoms with Gasteiger partial charge in [0.15, 0.2) is 0 Å². The lowest BCUT2D eigenvalue weighted by Crippen LogP contribution is -2.43. The minimum Gasteiger partial charge on any atom is -0.306 e. The van der Waals surface area contributed by atoms with Crippen LogP contribution in [0.1, 0.15) is 12.8 Å². The van der Waals surface area contributed by atoms with Crippen molar-refractivity contribution in [1.29, 1.82) is 0 Å². The highest BCUT2D eigenvalue weighted by Gasteiger charge is 2.27. The Hall–Kier alpha value is -0.200. The van der Waals surface area contributed by atoms with Gasteiger partial charge in [-0.05, 0) is 26.9 Å². The Labute approximate surface area is 78.7 Å². The van der Waals surface area contributed by atoms with Gasteiger partial charge in [0.25, 0.3) is 0 Å². The van der Waals surface area contributed by atoms with Crippen LogP contribution < -0.4 is 0 Å². The first-order valence-corrected chi connectivity index (χ1v) is 5.61. The molecule has 0 radical (unpaired) electrons. The highest BCUT2D eigenvalue weighted by molar-refractivity contribution is 7.83. The molecular formula is C7H15FN2O2S. The monoisotopic (exact) mass is 210 g/mol. The van der Waals surface area contributed by atoms with Crippen LogP contribution in [0.25, 0.3) is 0 Å². The smallest absolute Gasteiger partial charge is 0.306 e. The molecule has 1 aliphatic heterocycles. The molecule has 0 unspecified atom stereocenters. The predicted molar refractivity (Wildman–Crippen MR) is 48.3 cm³/mol. The third-order valence-electron chi connectivity index (χ3n) is 2.46. The van der Waals surface area contributed by atoms with E-state index in [1.165, 1.54) is 0 Å². The molecule has 0 spiro atoms. The molecule has 0 aromatic rings. The van der Waals surface area contributed by atoms with E-state index in [1.807, 2.05) is 19.0 Å². The Bertz CT molecular complexity index is 258. The fourth-order valence-corrected chi connectivity index (χ4v) is 2.22. The molecule has 0 aromatic carbocycles. The first kappa shape index (κ1) is 10.9. The Morgan fingerprint density at radius 1 is 1.31 bits per heavy atom. The predicted octanol–water partition coefficient (Wildman–Crippen LogP) is 0.227. The molecular weight excluding hydrogens is 195 g/mol. The van der Waals surface area contributed by atoms with Crippen molar-refractivity contribution in [3.8, 4) is 0 Å². The number of piperidine rings is 1. The van der Waals surface area contributed by atoms with Gasteiger partial charge in [0.2, 0.25) is 0 Å². The van der Waals surface area contributed by atoms with E-state index in [0.29, 0.717) is 32.0 Å². The average molecular weight is 210 g/mol. The van der Waals surface area contributed by atoms with Crippen molar-refractivity contribution < 1.29 is 12.3 Å². The number of hydrogen-bond donors (Lipinski definition) is 0. The fraction of sp³-hybridized carbons (Fsp3) is 1.00. The second-order valence-electron chi connectivity index (χ2n) is 3.54. The first-order chi connectivity index (χ1) is 5.91. The van der Waals surface area contributed by atoms with Crippen molar-refractivity contribution in [1.82, 2.24) is 9.21 Å². The van der Waals surface area contributed by atoms with Crippen LogP contribution in [-0.4, -0.2) is 50.8 Å². The van der Waals surface area contributed by atoms with Gasteiger partial charge in [-0.25, -0.2) is 0 Å². The van der Waals surface area contributed by atoms with Gasteiger partial charge in [-0.3, -0.25) is 0 Å². The van der Waals surface area contributed by atoms with Crippen LogP contribution >= 0.6 is 0 Å². The molecule has 1 heterocycles. The maximum absolute atomic E-state index is 12.5. The zero-order chi connectivity index (χ0) is 10.1. The van der Waals surface area contributed by atoms with Gasteiger partial charge in [-0.15, -0.1) is 0 Å². The molecule has 0 saturated carbocycles. The summed E-state index contributed by atoms with van der Waals surface area (Å²) >= 11 is 0. The first-order valence-electron chi connectivity index (χ1n) is 4.27. The number of rotatable bonds is 2. The maximum Gasteiger partial charge on any atom is 0.374 e. The molecule has 1 saturated heterocycles. The number of nitrogens with zero attached hydrogens (tertiary/aromatic N) is 2. The van der Waals surface area contributed by atoms with E-state index in [0.717, 1.165) is 4.31 Å². The summed E-state index contributed by atoms with van der Waals surface area (Å²) in [4.78, 5) is 2.04. The van der Waals surface area contributed by atoms with Crippen molar-refractivity contribution in [2.45, 2.75) is 18.9 Å². The molecule has 1 aliphatic rings. The summed E-state index contributed by atoms with van der Waals surface area (Å²) in [6.07, 6.45) is 1.41. The Kier molecular flexibility index (Phi) is 3.26. The minimum absolute atomic E-state index is 0.293. The van der Waals surface area contributed by atoms with Gasteiger partial charge in [-0.1, -0.05) is 3.89 Å². The van der Waals surface area contributed by atoms with Gasteiger partial charge in [0, 0.05) is 19.1 Å². The zero-order valence-electron chi connectivity index (χ0n) is 7.90. The maximum atomic E-state index is 12.5. The van der Waals surface area contributed by atoms with Gasteiger partial charge < -0.3 is 4.90 Å². The van der Waals surface area contributed by atoms with Crippen LogP contribution in [0.3, 0.4) is 0 Å². The highest BCUT2D eigenvalue weighted by atomic mass is 32.3. The van der Waals surface area contributed by atoms with Crippen molar-refractivity contribution in [2.75, 3.05) is 27.2 Å². The molecule has 13 heavy (non-hydrogen) atoms. The molecule has 0 atom stereocenters. The topological polar surface area (TPSA) is 40.6 Å². The third-order valence-corrected chi connectivity index (χ3v) is 3.44. The van der Waals surface area contributed by atoms with Crippen LogP contribution in [0.5, 0.6) is 0 Å². The summed E-state index contributed by atoms with van der Waals surface area (Å²) in [7, 11) is -0.563. The van der Waals surface area contributed by atoms with Crippen LogP contribution in [0.15, 0.2) is 0 Å². The Balaban J connectivity index is 2.49. The van der Waals surface area contributed by atoms with E-state index in [-0.39, 0.29) is 0 Å². The highest BCUT2D eigenvalue weighted by Crippen LogP contribution is 2.17. The van der Waals surface area contributed by atoms with Crippen molar-refractivity contribution in [3.05, 3.63) is 0 Å². The van der Waals surface area contributed by atoms with E-state index < -0.39 is 10.4 Å². The van der Waals surface area contributed by atoms with Crippen molar-refractivity contribution in [2.24, 2.45) is 0 Å². The van der Waals surface area contributed by atoms with E-state index in [1.54, 1.807) is 0 Å². The summed E-state index contributed by atoms with van der Waals surface area (Å²) in [6.45, 7) is 0.587. The third kappa shape index (κ3) is 2.89. The molecule has 0 aliphatic carbocycles. The molecule has 0 N–H and O–H groups in total. The SMILES string of the molecule is CN(C)C1CCN(S(=O)(=O)F)CC1. The van der Waals surface area contributed by atoms with Crippen molar-refractivity contribution >= 4 is 10.4 Å². The summed E-state index contributed by atoms with van der Waals surface area (Å²) in [6, 6.07) is 0.373. The quantitative estimate of drug-likeness (QED) is 0.612. The summed E-state index contributed by atoms with van der Waals surface area (Å²) in [5.41, 5.74) is 0. The second kappa shape index (κ2) is 3.89. The van der Waals surface area contributed by atoms with Gasteiger partial charge in [-0.2, -0.15) is 12.7 Å². The fourth-order valence-electron chi connectivity index (χ4n) is 1.58. The normalized spacial score (nSPS) is 22.5. The average Bonchev–Trinajstić information content (AvgIpc) is 2.03. The molecule has 4 nitrogen and oxygen atoms in total. The summed E-state index contributed by atoms with van der Waals surface area (Å²) in [5.74, 6) is 0. The molecule has 0 bridgehead atoms. The number of halogens is 1. The van der Waals surface area contributed by atoms with E-state index in [4.69, 9.17) is 0 Å². The molecule has 1 fully saturated rings. The minimum atomic E-state index is -4.46. The molecule has 78 valence electrons. The second-order valence-corrected chi connectivity index (χ2v) is 4.88. The molecule has 6 heteroatoms. The number of hydrogen-bond acceptors (Lipinski definition) is 3. The standard InChI is InChI=1S/C7H15FN2O2S/c1-9(2)7-3-5-10(6-4-7)13(8,11)12/h7H,3-6H2,1-2H3. The van der Waals surface area contributed by atoms with Crippen LogP contribution in [0.4, 0.5) is 3.89 Å². The summed E-state index contributed by atoms with van der Waals surface area (Å²) in [5, 5.41) is 0. The lowest BCUT2D eigenvalue weighted by molar-refractivity contribution is 0.193.